The maximum atomic E-state index is 13.3. The fourth-order valence-electron chi connectivity index (χ4n) is 3.33. The van der Waals surface area contributed by atoms with Gasteiger partial charge in [0, 0.05) is 31.9 Å². The molecule has 0 radical (unpaired) electrons. The number of nitrogens with zero attached hydrogens (tertiary/aromatic N) is 2. The second kappa shape index (κ2) is 8.61. The molecule has 0 bridgehead atoms. The number of rotatable bonds is 5. The summed E-state index contributed by atoms with van der Waals surface area (Å²) in [5.74, 6) is -0.665. The molecule has 1 aliphatic rings. The van der Waals surface area contributed by atoms with Gasteiger partial charge in [-0.15, -0.1) is 0 Å². The van der Waals surface area contributed by atoms with E-state index in [1.807, 2.05) is 24.8 Å². The molecular formula is C21H26FN3O3S. The number of amides is 1. The normalized spacial score (nSPS) is 17.1. The first-order valence-electron chi connectivity index (χ1n) is 9.56. The van der Waals surface area contributed by atoms with E-state index in [0.717, 1.165) is 11.1 Å². The second-order valence-electron chi connectivity index (χ2n) is 7.36. The fraction of sp³-hybridized carbons (Fsp3) is 0.381. The Morgan fingerprint density at radius 1 is 1.03 bits per heavy atom. The van der Waals surface area contributed by atoms with Gasteiger partial charge in [-0.2, -0.15) is 4.31 Å². The summed E-state index contributed by atoms with van der Waals surface area (Å²) in [5, 5.41) is 2.71. The van der Waals surface area contributed by atoms with Crippen LogP contribution in [0.4, 0.5) is 10.1 Å². The maximum absolute atomic E-state index is 13.3. The quantitative estimate of drug-likeness (QED) is 0.809. The molecule has 1 amide bonds. The Balaban J connectivity index is 1.61. The van der Waals surface area contributed by atoms with Crippen LogP contribution in [0.5, 0.6) is 0 Å². The van der Waals surface area contributed by atoms with Gasteiger partial charge >= 0.3 is 0 Å². The number of benzene rings is 2. The van der Waals surface area contributed by atoms with Gasteiger partial charge in [0.25, 0.3) is 0 Å². The summed E-state index contributed by atoms with van der Waals surface area (Å²) in [6.45, 7) is 7.12. The van der Waals surface area contributed by atoms with Gasteiger partial charge in [-0.3, -0.25) is 9.69 Å². The molecular weight excluding hydrogens is 393 g/mol. The van der Waals surface area contributed by atoms with E-state index in [0.29, 0.717) is 36.8 Å². The number of hydrogen-bond donors (Lipinski definition) is 1. The Labute approximate surface area is 171 Å². The molecule has 1 atom stereocenters. The molecule has 1 aliphatic heterocycles. The molecule has 1 heterocycles. The molecule has 0 saturated carbocycles. The van der Waals surface area contributed by atoms with Gasteiger partial charge < -0.3 is 5.32 Å². The first-order chi connectivity index (χ1) is 13.7. The zero-order chi connectivity index (χ0) is 21.2. The highest BCUT2D eigenvalue weighted by molar-refractivity contribution is 7.89. The standard InChI is InChI=1S/C21H26FN3O3S/c1-15-7-8-20(13-16(15)2)29(27,28)25-11-9-24(10-12-25)17(3)21(26)23-19-6-4-5-18(22)14-19/h4-8,13-14,17H,9-12H2,1-3H3,(H,23,26)/t17-/m1/s1. The lowest BCUT2D eigenvalue weighted by Gasteiger charge is -2.36. The largest absolute Gasteiger partial charge is 0.325 e. The van der Waals surface area contributed by atoms with Crippen molar-refractivity contribution in [3.05, 3.63) is 59.4 Å². The third kappa shape index (κ3) is 4.83. The zero-order valence-electron chi connectivity index (χ0n) is 16.9. The Kier molecular flexibility index (Phi) is 6.36. The van der Waals surface area contributed by atoms with Crippen molar-refractivity contribution in [2.45, 2.75) is 31.7 Å². The number of hydrogen-bond acceptors (Lipinski definition) is 4. The molecule has 0 unspecified atom stereocenters. The van der Waals surface area contributed by atoms with Crippen molar-refractivity contribution in [2.75, 3.05) is 31.5 Å². The molecule has 156 valence electrons. The first-order valence-corrected chi connectivity index (χ1v) is 11.0. The van der Waals surface area contributed by atoms with Gasteiger partial charge in [0.2, 0.25) is 15.9 Å². The first kappa shape index (κ1) is 21.4. The van der Waals surface area contributed by atoms with Crippen LogP contribution in [0.1, 0.15) is 18.1 Å². The monoisotopic (exact) mass is 419 g/mol. The van der Waals surface area contributed by atoms with Crippen molar-refractivity contribution in [3.8, 4) is 0 Å². The Bertz CT molecular complexity index is 1000. The topological polar surface area (TPSA) is 69.7 Å². The SMILES string of the molecule is Cc1ccc(S(=O)(=O)N2CCN([C@H](C)C(=O)Nc3cccc(F)c3)CC2)cc1C. The van der Waals surface area contributed by atoms with Gasteiger partial charge in [0.05, 0.1) is 10.9 Å². The molecule has 0 aromatic heterocycles. The van der Waals surface area contributed by atoms with Crippen molar-refractivity contribution in [3.63, 3.8) is 0 Å². The number of nitrogens with one attached hydrogen (secondary N) is 1. The second-order valence-corrected chi connectivity index (χ2v) is 9.30. The van der Waals surface area contributed by atoms with Crippen molar-refractivity contribution >= 4 is 21.6 Å². The van der Waals surface area contributed by atoms with Crippen LogP contribution in [0.3, 0.4) is 0 Å². The summed E-state index contributed by atoms with van der Waals surface area (Å²) in [5.41, 5.74) is 2.39. The van der Waals surface area contributed by atoms with Crippen LogP contribution >= 0.6 is 0 Å². The number of aryl methyl sites for hydroxylation is 2. The van der Waals surface area contributed by atoms with E-state index >= 15 is 0 Å². The summed E-state index contributed by atoms with van der Waals surface area (Å²) < 4.78 is 40.6. The fourth-order valence-corrected chi connectivity index (χ4v) is 4.84. The minimum Gasteiger partial charge on any atom is -0.325 e. The number of anilines is 1. The average molecular weight is 420 g/mol. The zero-order valence-corrected chi connectivity index (χ0v) is 17.7. The smallest absolute Gasteiger partial charge is 0.243 e. The maximum Gasteiger partial charge on any atom is 0.243 e. The summed E-state index contributed by atoms with van der Waals surface area (Å²) in [4.78, 5) is 14.7. The molecule has 0 spiro atoms. The summed E-state index contributed by atoms with van der Waals surface area (Å²) in [6, 6.07) is 10.4. The molecule has 6 nitrogen and oxygen atoms in total. The lowest BCUT2D eigenvalue weighted by Crippen LogP contribution is -2.53. The Morgan fingerprint density at radius 3 is 2.34 bits per heavy atom. The van der Waals surface area contributed by atoms with Gasteiger partial charge in [0.15, 0.2) is 0 Å². The van der Waals surface area contributed by atoms with E-state index in [1.165, 1.54) is 22.5 Å². The minimum atomic E-state index is -3.56. The third-order valence-electron chi connectivity index (χ3n) is 5.41. The predicted molar refractivity (Wildman–Crippen MR) is 111 cm³/mol. The van der Waals surface area contributed by atoms with Crippen molar-refractivity contribution in [1.82, 2.24) is 9.21 Å². The Morgan fingerprint density at radius 2 is 1.72 bits per heavy atom. The van der Waals surface area contributed by atoms with Crippen LogP contribution < -0.4 is 5.32 Å². The van der Waals surface area contributed by atoms with Gasteiger partial charge in [-0.05, 0) is 62.2 Å². The summed E-state index contributed by atoms with van der Waals surface area (Å²) in [7, 11) is -3.56. The predicted octanol–water partition coefficient (Wildman–Crippen LogP) is 2.78. The molecule has 0 aliphatic carbocycles. The van der Waals surface area contributed by atoms with Gasteiger partial charge in [-0.1, -0.05) is 12.1 Å². The van der Waals surface area contributed by atoms with E-state index in [-0.39, 0.29) is 5.91 Å². The molecule has 1 N–H and O–H groups in total. The number of carbonyl (C=O) groups is 1. The van der Waals surface area contributed by atoms with Crippen molar-refractivity contribution in [1.29, 1.82) is 0 Å². The Hall–Kier alpha value is -2.29. The minimum absolute atomic E-state index is 0.249. The molecule has 2 aromatic rings. The number of carbonyl (C=O) groups excluding carboxylic acids is 1. The molecule has 8 heteroatoms. The van der Waals surface area contributed by atoms with Crippen LogP contribution in [0.25, 0.3) is 0 Å². The van der Waals surface area contributed by atoms with Crippen molar-refractivity contribution < 1.29 is 17.6 Å². The van der Waals surface area contributed by atoms with E-state index in [2.05, 4.69) is 5.32 Å². The molecule has 1 fully saturated rings. The molecule has 29 heavy (non-hydrogen) atoms. The van der Waals surface area contributed by atoms with Gasteiger partial charge in [0.1, 0.15) is 5.82 Å². The number of halogens is 1. The van der Waals surface area contributed by atoms with Crippen LogP contribution in [-0.4, -0.2) is 55.8 Å². The molecule has 2 aromatic carbocycles. The van der Waals surface area contributed by atoms with E-state index in [1.54, 1.807) is 25.1 Å². The summed E-state index contributed by atoms with van der Waals surface area (Å²) >= 11 is 0. The van der Waals surface area contributed by atoms with Crippen LogP contribution in [0.15, 0.2) is 47.4 Å². The lowest BCUT2D eigenvalue weighted by molar-refractivity contribution is -0.121. The van der Waals surface area contributed by atoms with Crippen LogP contribution in [-0.2, 0) is 14.8 Å². The molecule has 1 saturated heterocycles. The third-order valence-corrected chi connectivity index (χ3v) is 7.30. The highest BCUT2D eigenvalue weighted by Crippen LogP contribution is 2.21. The average Bonchev–Trinajstić information content (AvgIpc) is 2.69. The summed E-state index contributed by atoms with van der Waals surface area (Å²) in [6.07, 6.45) is 0. The lowest BCUT2D eigenvalue weighted by atomic mass is 10.1. The van der Waals surface area contributed by atoms with Crippen LogP contribution in [0, 0.1) is 19.7 Å². The molecule has 3 rings (SSSR count). The highest BCUT2D eigenvalue weighted by atomic mass is 32.2. The van der Waals surface area contributed by atoms with Crippen molar-refractivity contribution in [2.24, 2.45) is 0 Å². The van der Waals surface area contributed by atoms with E-state index in [9.17, 15) is 17.6 Å². The number of sulfonamides is 1. The van der Waals surface area contributed by atoms with E-state index in [4.69, 9.17) is 0 Å². The highest BCUT2D eigenvalue weighted by Gasteiger charge is 2.32. The van der Waals surface area contributed by atoms with Crippen LogP contribution in [0.2, 0.25) is 0 Å². The van der Waals surface area contributed by atoms with E-state index < -0.39 is 21.9 Å². The number of piperazine rings is 1. The van der Waals surface area contributed by atoms with Gasteiger partial charge in [-0.25, -0.2) is 12.8 Å².